The first kappa shape index (κ1) is 16.0. The predicted octanol–water partition coefficient (Wildman–Crippen LogP) is 1.06. The number of nitrogens with one attached hydrogen (secondary N) is 2. The van der Waals surface area contributed by atoms with Crippen LogP contribution in [-0.4, -0.2) is 24.8 Å². The van der Waals surface area contributed by atoms with Gasteiger partial charge in [-0.25, -0.2) is 4.99 Å². The van der Waals surface area contributed by atoms with Crippen LogP contribution >= 0.6 is 0 Å². The number of amidine groups is 1. The highest BCUT2D eigenvalue weighted by molar-refractivity contribution is 5.92. The van der Waals surface area contributed by atoms with Crippen LogP contribution in [0.15, 0.2) is 42.2 Å². The van der Waals surface area contributed by atoms with Crippen LogP contribution in [0.25, 0.3) is 0 Å². The number of carbonyl (C=O) groups is 1. The number of allylic oxidation sites excluding steroid dienone is 2. The van der Waals surface area contributed by atoms with Crippen molar-refractivity contribution in [1.82, 2.24) is 10.6 Å². The van der Waals surface area contributed by atoms with Gasteiger partial charge in [-0.15, -0.1) is 6.58 Å². The van der Waals surface area contributed by atoms with Crippen molar-refractivity contribution < 1.29 is 4.79 Å². The van der Waals surface area contributed by atoms with Gasteiger partial charge in [0.15, 0.2) is 0 Å². The number of nitrogens with zero attached hydrogens (tertiary/aromatic N) is 1. The first-order valence-electron chi connectivity index (χ1n) is 5.91. The van der Waals surface area contributed by atoms with Crippen molar-refractivity contribution in [1.29, 1.82) is 0 Å². The Hall–Kier alpha value is -2.04. The molecule has 0 saturated heterocycles. The van der Waals surface area contributed by atoms with Crippen LogP contribution in [0.1, 0.15) is 19.8 Å². The van der Waals surface area contributed by atoms with E-state index in [0.717, 1.165) is 12.8 Å². The van der Waals surface area contributed by atoms with E-state index in [4.69, 9.17) is 5.73 Å². The molecule has 4 N–H and O–H groups in total. The summed E-state index contributed by atoms with van der Waals surface area (Å²) in [5.74, 6) is 0.611. The van der Waals surface area contributed by atoms with Crippen molar-refractivity contribution in [3.8, 4) is 0 Å². The Morgan fingerprint density at radius 3 is 2.78 bits per heavy atom. The Balaban J connectivity index is 3.98. The highest BCUT2D eigenvalue weighted by atomic mass is 16.1. The van der Waals surface area contributed by atoms with Gasteiger partial charge in [0.25, 0.3) is 0 Å². The zero-order valence-electron chi connectivity index (χ0n) is 10.9. The van der Waals surface area contributed by atoms with Gasteiger partial charge in [-0.05, 0) is 18.9 Å². The van der Waals surface area contributed by atoms with E-state index < -0.39 is 0 Å². The third-order valence-electron chi connectivity index (χ3n) is 1.88. The summed E-state index contributed by atoms with van der Waals surface area (Å²) in [6, 6.07) is 0. The van der Waals surface area contributed by atoms with Crippen LogP contribution in [0.5, 0.6) is 0 Å². The molecule has 0 unspecified atom stereocenters. The lowest BCUT2D eigenvalue weighted by Gasteiger charge is -2.06. The van der Waals surface area contributed by atoms with Crippen LogP contribution in [0, 0.1) is 0 Å². The van der Waals surface area contributed by atoms with Gasteiger partial charge in [-0.3, -0.25) is 4.79 Å². The molecule has 0 spiro atoms. The fraction of sp³-hybridized carbons (Fsp3) is 0.385. The highest BCUT2D eigenvalue weighted by Gasteiger charge is 1.99. The molecule has 1 amide bonds. The van der Waals surface area contributed by atoms with E-state index in [-0.39, 0.29) is 12.5 Å². The molecule has 5 heteroatoms. The summed E-state index contributed by atoms with van der Waals surface area (Å²) in [5, 5.41) is 5.52. The molecular weight excluding hydrogens is 228 g/mol. The standard InChI is InChI=1S/C13H22N4O/c1-4-6-7-8-12(14)17-11(3)16-10-13(18)15-9-5-2/h4,7-8,16H,1,3,5-6,9-10H2,2H3,(H2,14,17)(H,15,18)/b8-7-. The molecule has 5 nitrogen and oxygen atoms in total. The van der Waals surface area contributed by atoms with Gasteiger partial charge in [-0.1, -0.05) is 25.7 Å². The monoisotopic (exact) mass is 250 g/mol. The molecule has 0 aromatic rings. The fourth-order valence-electron chi connectivity index (χ4n) is 1.03. The molecule has 0 radical (unpaired) electrons. The summed E-state index contributed by atoms with van der Waals surface area (Å²) in [4.78, 5) is 15.3. The van der Waals surface area contributed by atoms with Crippen LogP contribution in [0.2, 0.25) is 0 Å². The van der Waals surface area contributed by atoms with Crippen molar-refractivity contribution in [2.24, 2.45) is 10.7 Å². The summed E-state index contributed by atoms with van der Waals surface area (Å²) < 4.78 is 0. The van der Waals surface area contributed by atoms with Gasteiger partial charge < -0.3 is 16.4 Å². The number of hydrogen-bond acceptors (Lipinski definition) is 3. The minimum atomic E-state index is -0.0889. The summed E-state index contributed by atoms with van der Waals surface area (Å²) in [7, 11) is 0. The number of hydrogen-bond donors (Lipinski definition) is 3. The van der Waals surface area contributed by atoms with E-state index in [2.05, 4.69) is 28.8 Å². The van der Waals surface area contributed by atoms with E-state index in [1.54, 1.807) is 12.2 Å². The molecule has 18 heavy (non-hydrogen) atoms. The Kier molecular flexibility index (Phi) is 8.99. The summed E-state index contributed by atoms with van der Waals surface area (Å²) >= 11 is 0. The quantitative estimate of drug-likeness (QED) is 0.325. The number of rotatable bonds is 9. The zero-order valence-corrected chi connectivity index (χ0v) is 10.9. The van der Waals surface area contributed by atoms with E-state index >= 15 is 0 Å². The van der Waals surface area contributed by atoms with Crippen molar-refractivity contribution in [3.63, 3.8) is 0 Å². The van der Waals surface area contributed by atoms with Gasteiger partial charge >= 0.3 is 0 Å². The maximum atomic E-state index is 11.3. The van der Waals surface area contributed by atoms with Crippen LogP contribution in [0.4, 0.5) is 0 Å². The normalized spacial score (nSPS) is 11.3. The van der Waals surface area contributed by atoms with Gasteiger partial charge in [0.1, 0.15) is 11.7 Å². The maximum Gasteiger partial charge on any atom is 0.239 e. The van der Waals surface area contributed by atoms with Gasteiger partial charge in [0.2, 0.25) is 5.91 Å². The Labute approximate surface area is 109 Å². The van der Waals surface area contributed by atoms with E-state index in [1.165, 1.54) is 0 Å². The molecule has 0 bridgehead atoms. The molecule has 0 aliphatic rings. The van der Waals surface area contributed by atoms with Crippen molar-refractivity contribution in [2.45, 2.75) is 19.8 Å². The molecule has 0 aliphatic carbocycles. The van der Waals surface area contributed by atoms with Crippen molar-refractivity contribution >= 4 is 11.7 Å². The van der Waals surface area contributed by atoms with E-state index in [1.807, 2.05) is 13.0 Å². The third-order valence-corrected chi connectivity index (χ3v) is 1.88. The Bertz CT molecular complexity index is 345. The number of amides is 1. The molecule has 100 valence electrons. The lowest BCUT2D eigenvalue weighted by Crippen LogP contribution is -2.33. The fourth-order valence-corrected chi connectivity index (χ4v) is 1.03. The molecule has 0 atom stereocenters. The SMILES string of the molecule is C=CC/C=C\C(N)=NC(=C)NCC(=O)NCCC. The van der Waals surface area contributed by atoms with Crippen LogP contribution < -0.4 is 16.4 Å². The van der Waals surface area contributed by atoms with Gasteiger partial charge in [0, 0.05) is 6.54 Å². The Morgan fingerprint density at radius 1 is 1.44 bits per heavy atom. The molecule has 0 rings (SSSR count). The van der Waals surface area contributed by atoms with E-state index in [0.29, 0.717) is 18.2 Å². The number of nitrogens with two attached hydrogens (primary N) is 1. The molecule has 0 heterocycles. The average Bonchev–Trinajstić information content (AvgIpc) is 2.34. The van der Waals surface area contributed by atoms with Gasteiger partial charge in [0.05, 0.1) is 6.54 Å². The molecule has 0 saturated carbocycles. The minimum Gasteiger partial charge on any atom is -0.384 e. The lowest BCUT2D eigenvalue weighted by molar-refractivity contribution is -0.120. The average molecular weight is 250 g/mol. The molecule has 0 fully saturated rings. The number of carbonyl (C=O) groups excluding carboxylic acids is 1. The predicted molar refractivity (Wildman–Crippen MR) is 76.0 cm³/mol. The second kappa shape index (κ2) is 10.1. The summed E-state index contributed by atoms with van der Waals surface area (Å²) in [6.45, 7) is 10.1. The third kappa shape index (κ3) is 9.21. The summed E-state index contributed by atoms with van der Waals surface area (Å²) in [6.07, 6.45) is 6.91. The maximum absolute atomic E-state index is 11.3. The second-order valence-electron chi connectivity index (χ2n) is 3.61. The number of aliphatic imine (C=N–C) groups is 1. The topological polar surface area (TPSA) is 79.5 Å². The van der Waals surface area contributed by atoms with Crippen molar-refractivity contribution in [2.75, 3.05) is 13.1 Å². The smallest absolute Gasteiger partial charge is 0.239 e. The second-order valence-corrected chi connectivity index (χ2v) is 3.61. The highest BCUT2D eigenvalue weighted by Crippen LogP contribution is 1.89. The molecule has 0 aliphatic heterocycles. The molecule has 0 aromatic heterocycles. The Morgan fingerprint density at radius 2 is 2.17 bits per heavy atom. The van der Waals surface area contributed by atoms with Gasteiger partial charge in [-0.2, -0.15) is 0 Å². The minimum absolute atomic E-state index is 0.0889. The zero-order chi connectivity index (χ0) is 13.8. The first-order valence-corrected chi connectivity index (χ1v) is 5.91. The van der Waals surface area contributed by atoms with Crippen LogP contribution in [0.3, 0.4) is 0 Å². The van der Waals surface area contributed by atoms with Crippen molar-refractivity contribution in [3.05, 3.63) is 37.2 Å². The van der Waals surface area contributed by atoms with Crippen LogP contribution in [-0.2, 0) is 4.79 Å². The largest absolute Gasteiger partial charge is 0.384 e. The molecule has 0 aromatic carbocycles. The first-order chi connectivity index (χ1) is 8.60. The summed E-state index contributed by atoms with van der Waals surface area (Å²) in [5.41, 5.74) is 5.63. The lowest BCUT2D eigenvalue weighted by atomic mass is 10.3. The van der Waals surface area contributed by atoms with E-state index in [9.17, 15) is 4.79 Å². The molecular formula is C13H22N4O.